The molecule has 1 unspecified atom stereocenters. The second kappa shape index (κ2) is 12.2. The summed E-state index contributed by atoms with van der Waals surface area (Å²) in [5, 5.41) is 20.3. The van der Waals surface area contributed by atoms with Crippen molar-refractivity contribution in [2.45, 2.75) is 25.3 Å². The number of aliphatic hydroxyl groups excluding tert-OH is 1. The number of rotatable bonds is 10. The molecule has 8 heteroatoms. The predicted octanol–water partition coefficient (Wildman–Crippen LogP) is 3.51. The molecule has 0 aliphatic heterocycles. The van der Waals surface area contributed by atoms with Crippen molar-refractivity contribution in [1.82, 2.24) is 16.0 Å². The number of benzene rings is 1. The summed E-state index contributed by atoms with van der Waals surface area (Å²) in [4.78, 5) is 23.4. The highest BCUT2D eigenvalue weighted by Crippen LogP contribution is 2.11. The van der Waals surface area contributed by atoms with Crippen LogP contribution in [0.3, 0.4) is 0 Å². The molecule has 4 amide bonds. The number of halogens is 1. The van der Waals surface area contributed by atoms with Gasteiger partial charge in [0.1, 0.15) is 5.76 Å². The lowest BCUT2D eigenvalue weighted by molar-refractivity contribution is 0.233. The van der Waals surface area contributed by atoms with Crippen molar-refractivity contribution < 1.29 is 14.7 Å². The summed E-state index contributed by atoms with van der Waals surface area (Å²) in [7, 11) is 0. The van der Waals surface area contributed by atoms with E-state index in [0.717, 1.165) is 9.26 Å². The summed E-state index contributed by atoms with van der Waals surface area (Å²) in [6.07, 6.45) is 3.50. The van der Waals surface area contributed by atoms with Gasteiger partial charge in [0.25, 0.3) is 0 Å². The Morgan fingerprint density at radius 1 is 1.15 bits per heavy atom. The summed E-state index contributed by atoms with van der Waals surface area (Å²) >= 11 is 2.20. The molecule has 0 spiro atoms. The van der Waals surface area contributed by atoms with Gasteiger partial charge in [0.15, 0.2) is 0 Å². The van der Waals surface area contributed by atoms with E-state index < -0.39 is 6.04 Å². The second-order valence-corrected chi connectivity index (χ2v) is 6.82. The Kier molecular flexibility index (Phi) is 10.2. The average Bonchev–Trinajstić information content (AvgIpc) is 2.60. The van der Waals surface area contributed by atoms with Crippen molar-refractivity contribution in [3.05, 3.63) is 52.8 Å². The Morgan fingerprint density at radius 2 is 1.85 bits per heavy atom. The molecule has 0 aromatic heterocycles. The molecule has 0 bridgehead atoms. The lowest BCUT2D eigenvalue weighted by Gasteiger charge is -2.17. The third-order valence-electron chi connectivity index (χ3n) is 3.42. The van der Waals surface area contributed by atoms with Crippen LogP contribution in [0.15, 0.2) is 49.3 Å². The molecule has 0 saturated carbocycles. The van der Waals surface area contributed by atoms with Crippen LogP contribution < -0.4 is 21.3 Å². The van der Waals surface area contributed by atoms with Crippen LogP contribution in [0.1, 0.15) is 19.3 Å². The number of hydrogen-bond acceptors (Lipinski definition) is 3. The fourth-order valence-electron chi connectivity index (χ4n) is 2.08. The van der Waals surface area contributed by atoms with Gasteiger partial charge in [-0.05, 0) is 66.1 Å². The van der Waals surface area contributed by atoms with Gasteiger partial charge >= 0.3 is 12.1 Å². The number of amides is 4. The number of unbranched alkanes of at least 4 members (excludes halogenated alkanes) is 1. The zero-order valence-corrected chi connectivity index (χ0v) is 16.7. The highest BCUT2D eigenvalue weighted by atomic mass is 127. The summed E-state index contributed by atoms with van der Waals surface area (Å²) in [6, 6.07) is 6.31. The Labute approximate surface area is 167 Å². The van der Waals surface area contributed by atoms with E-state index in [0.29, 0.717) is 32.4 Å². The Bertz CT molecular complexity index is 619. The number of nitrogens with one attached hydrogen (secondary N) is 4. The molecular weight excluding hydrogens is 447 g/mol. The average molecular weight is 472 g/mol. The zero-order chi connectivity index (χ0) is 19.4. The van der Waals surface area contributed by atoms with Crippen molar-refractivity contribution in [3.8, 4) is 0 Å². The van der Waals surface area contributed by atoms with E-state index in [2.05, 4.69) is 57.0 Å². The van der Waals surface area contributed by atoms with Gasteiger partial charge in [0.2, 0.25) is 0 Å². The number of urea groups is 2. The third-order valence-corrected chi connectivity index (χ3v) is 4.14. The number of anilines is 1. The summed E-state index contributed by atoms with van der Waals surface area (Å²) in [5.41, 5.74) is 0.731. The number of aliphatic hydroxyl groups is 1. The molecule has 0 aliphatic carbocycles. The maximum atomic E-state index is 11.8. The number of hydrogen-bond donors (Lipinski definition) is 5. The molecule has 7 nitrogen and oxygen atoms in total. The van der Waals surface area contributed by atoms with Gasteiger partial charge in [-0.1, -0.05) is 12.7 Å². The highest BCUT2D eigenvalue weighted by Gasteiger charge is 2.14. The van der Waals surface area contributed by atoms with E-state index in [1.165, 1.54) is 0 Å². The lowest BCUT2D eigenvalue weighted by Crippen LogP contribution is -2.43. The highest BCUT2D eigenvalue weighted by molar-refractivity contribution is 14.1. The normalized spacial score (nSPS) is 11.1. The minimum atomic E-state index is -0.527. The molecule has 1 aromatic carbocycles. The van der Waals surface area contributed by atoms with Gasteiger partial charge in [0.05, 0.1) is 6.04 Å². The van der Waals surface area contributed by atoms with E-state index in [-0.39, 0.29) is 17.8 Å². The topological polar surface area (TPSA) is 102 Å². The van der Waals surface area contributed by atoms with Gasteiger partial charge in [-0.2, -0.15) is 0 Å². The van der Waals surface area contributed by atoms with Crippen molar-refractivity contribution in [1.29, 1.82) is 0 Å². The van der Waals surface area contributed by atoms with E-state index >= 15 is 0 Å². The lowest BCUT2D eigenvalue weighted by atomic mass is 10.1. The second-order valence-electron chi connectivity index (χ2n) is 5.57. The van der Waals surface area contributed by atoms with E-state index in [1.807, 2.05) is 24.3 Å². The van der Waals surface area contributed by atoms with Gasteiger partial charge in [-0.3, -0.25) is 0 Å². The van der Waals surface area contributed by atoms with Crippen LogP contribution in [-0.4, -0.2) is 36.3 Å². The predicted molar refractivity (Wildman–Crippen MR) is 112 cm³/mol. The first-order valence-electron chi connectivity index (χ1n) is 8.25. The minimum Gasteiger partial charge on any atom is -0.511 e. The molecule has 26 heavy (non-hydrogen) atoms. The Balaban J connectivity index is 2.23. The molecule has 1 atom stereocenters. The van der Waals surface area contributed by atoms with Gasteiger partial charge in [-0.15, -0.1) is 6.58 Å². The standard InChI is InChI=1S/C18H25IN4O3/c1-3-11-20-18(26)23-16(13(2)24)6-4-5-12-21-17(25)22-15-9-7-14(19)8-10-15/h3,7-10,16,24H,1-2,4-6,11-12H2,(H2,20,23,26)(H2,21,22,25). The monoisotopic (exact) mass is 472 g/mol. The maximum Gasteiger partial charge on any atom is 0.319 e. The molecule has 142 valence electrons. The van der Waals surface area contributed by atoms with Crippen LogP contribution in [0, 0.1) is 3.57 Å². The SMILES string of the molecule is C=CCNC(=O)NC(CCCCNC(=O)Nc1ccc(I)cc1)C(=C)O. The molecular formula is C18H25IN4O3. The molecule has 1 rings (SSSR count). The van der Waals surface area contributed by atoms with E-state index in [9.17, 15) is 14.7 Å². The quantitative estimate of drug-likeness (QED) is 0.156. The van der Waals surface area contributed by atoms with E-state index in [4.69, 9.17) is 0 Å². The van der Waals surface area contributed by atoms with Crippen molar-refractivity contribution in [2.24, 2.45) is 0 Å². The number of carbonyl (C=O) groups excluding carboxylic acids is 2. The van der Waals surface area contributed by atoms with Gasteiger partial charge < -0.3 is 26.4 Å². The van der Waals surface area contributed by atoms with Gasteiger partial charge in [0, 0.05) is 22.3 Å². The first-order valence-corrected chi connectivity index (χ1v) is 9.33. The van der Waals surface area contributed by atoms with Crippen LogP contribution in [-0.2, 0) is 0 Å². The first kappa shape index (κ1) is 21.8. The molecule has 0 fully saturated rings. The van der Waals surface area contributed by atoms with Crippen LogP contribution in [0.2, 0.25) is 0 Å². The molecule has 0 radical (unpaired) electrons. The third kappa shape index (κ3) is 9.30. The van der Waals surface area contributed by atoms with Crippen LogP contribution in [0.5, 0.6) is 0 Å². The molecule has 0 aliphatic rings. The van der Waals surface area contributed by atoms with Crippen LogP contribution in [0.4, 0.5) is 15.3 Å². The van der Waals surface area contributed by atoms with E-state index in [1.54, 1.807) is 6.08 Å². The fraction of sp³-hybridized carbons (Fsp3) is 0.333. The first-order chi connectivity index (χ1) is 12.4. The minimum absolute atomic E-state index is 0.0943. The molecule has 0 heterocycles. The van der Waals surface area contributed by atoms with Crippen molar-refractivity contribution in [3.63, 3.8) is 0 Å². The zero-order valence-electron chi connectivity index (χ0n) is 14.6. The largest absolute Gasteiger partial charge is 0.511 e. The smallest absolute Gasteiger partial charge is 0.319 e. The summed E-state index contributed by atoms with van der Waals surface area (Å²) < 4.78 is 1.10. The summed E-state index contributed by atoms with van der Waals surface area (Å²) in [6.45, 7) is 7.83. The van der Waals surface area contributed by atoms with Gasteiger partial charge in [-0.25, -0.2) is 9.59 Å². The fourth-order valence-corrected chi connectivity index (χ4v) is 2.44. The Hall–Kier alpha value is -2.23. The molecule has 5 N–H and O–H groups in total. The molecule has 0 saturated heterocycles. The Morgan fingerprint density at radius 3 is 2.46 bits per heavy atom. The molecule has 1 aromatic rings. The number of carbonyl (C=O) groups is 2. The van der Waals surface area contributed by atoms with Crippen LogP contribution in [0.25, 0.3) is 0 Å². The van der Waals surface area contributed by atoms with Crippen molar-refractivity contribution >= 4 is 40.3 Å². The van der Waals surface area contributed by atoms with Crippen LogP contribution >= 0.6 is 22.6 Å². The summed E-state index contributed by atoms with van der Waals surface area (Å²) in [5.74, 6) is -0.0943. The van der Waals surface area contributed by atoms with Crippen molar-refractivity contribution in [2.75, 3.05) is 18.4 Å². The maximum absolute atomic E-state index is 11.8.